The molecule has 2 nitrogen and oxygen atoms in total. The average Bonchev–Trinajstić information content (AvgIpc) is 2.37. The van der Waals surface area contributed by atoms with Crippen molar-refractivity contribution in [2.24, 2.45) is 5.41 Å². The van der Waals surface area contributed by atoms with Crippen LogP contribution >= 0.6 is 0 Å². The fourth-order valence-electron chi connectivity index (χ4n) is 2.43. The van der Waals surface area contributed by atoms with E-state index in [4.69, 9.17) is 4.74 Å². The van der Waals surface area contributed by atoms with Crippen LogP contribution in [0.3, 0.4) is 0 Å². The number of rotatable bonds is 0. The van der Waals surface area contributed by atoms with Crippen molar-refractivity contribution in [3.63, 3.8) is 0 Å². The fraction of sp³-hybridized carbons (Fsp3) is 1.00. The van der Waals surface area contributed by atoms with E-state index in [1.54, 1.807) is 0 Å². The van der Waals surface area contributed by atoms with Gasteiger partial charge < -0.3 is 9.64 Å². The van der Waals surface area contributed by atoms with Gasteiger partial charge in [0.2, 0.25) is 0 Å². The highest BCUT2D eigenvalue weighted by molar-refractivity contribution is 4.88. The van der Waals surface area contributed by atoms with Crippen molar-refractivity contribution in [1.82, 2.24) is 4.90 Å². The van der Waals surface area contributed by atoms with E-state index in [-0.39, 0.29) is 0 Å². The Balaban J connectivity index is 2.00. The van der Waals surface area contributed by atoms with Gasteiger partial charge in [-0.05, 0) is 32.9 Å². The number of nitrogens with zero attached hydrogens (tertiary/aromatic N) is 1. The van der Waals surface area contributed by atoms with Gasteiger partial charge in [0.1, 0.15) is 0 Å². The van der Waals surface area contributed by atoms with E-state index in [0.717, 1.165) is 13.2 Å². The van der Waals surface area contributed by atoms with Gasteiger partial charge in [-0.25, -0.2) is 0 Å². The highest BCUT2D eigenvalue weighted by Crippen LogP contribution is 2.36. The van der Waals surface area contributed by atoms with Crippen molar-refractivity contribution < 1.29 is 4.74 Å². The van der Waals surface area contributed by atoms with Crippen LogP contribution in [-0.2, 0) is 4.74 Å². The molecule has 0 saturated carbocycles. The number of ether oxygens (including phenoxy) is 1. The SMILES string of the molecule is CN1CCC[C@]2(CCOC2)C1. The van der Waals surface area contributed by atoms with Crippen LogP contribution in [0, 0.1) is 5.41 Å². The molecule has 2 fully saturated rings. The number of likely N-dealkylation sites (tertiary alicyclic amines) is 1. The molecule has 2 rings (SSSR count). The minimum absolute atomic E-state index is 0.549. The first-order valence-corrected chi connectivity index (χ1v) is 4.57. The molecule has 2 heteroatoms. The zero-order chi connectivity index (χ0) is 7.73. The Labute approximate surface area is 68.5 Å². The van der Waals surface area contributed by atoms with Crippen LogP contribution in [0.2, 0.25) is 0 Å². The van der Waals surface area contributed by atoms with Gasteiger partial charge in [0.25, 0.3) is 0 Å². The Morgan fingerprint density at radius 3 is 2.91 bits per heavy atom. The lowest BCUT2D eigenvalue weighted by molar-refractivity contribution is 0.0825. The molecule has 2 aliphatic heterocycles. The Morgan fingerprint density at radius 1 is 1.36 bits per heavy atom. The van der Waals surface area contributed by atoms with Crippen LogP contribution in [0.4, 0.5) is 0 Å². The highest BCUT2D eigenvalue weighted by atomic mass is 16.5. The van der Waals surface area contributed by atoms with Gasteiger partial charge in [-0.2, -0.15) is 0 Å². The Hall–Kier alpha value is -0.0800. The molecule has 2 saturated heterocycles. The predicted octanol–water partition coefficient (Wildman–Crippen LogP) is 1.12. The Bertz CT molecular complexity index is 140. The first-order chi connectivity index (χ1) is 5.31. The van der Waals surface area contributed by atoms with E-state index in [0.29, 0.717) is 5.41 Å². The molecule has 1 spiro atoms. The standard InChI is InChI=1S/C9H17NO/c1-10-5-2-3-9(7-10)4-6-11-8-9/h2-8H2,1H3/t9-/m0/s1. The molecule has 0 aromatic carbocycles. The smallest absolute Gasteiger partial charge is 0.0535 e. The largest absolute Gasteiger partial charge is 0.381 e. The van der Waals surface area contributed by atoms with Crippen LogP contribution < -0.4 is 0 Å². The van der Waals surface area contributed by atoms with E-state index in [1.165, 1.54) is 32.4 Å². The third-order valence-electron chi connectivity index (χ3n) is 3.04. The molecule has 11 heavy (non-hydrogen) atoms. The molecule has 0 N–H and O–H groups in total. The molecule has 2 aliphatic rings. The van der Waals surface area contributed by atoms with Gasteiger partial charge >= 0.3 is 0 Å². The topological polar surface area (TPSA) is 12.5 Å². The van der Waals surface area contributed by atoms with Crippen molar-refractivity contribution in [3.05, 3.63) is 0 Å². The lowest BCUT2D eigenvalue weighted by Crippen LogP contribution is -2.41. The van der Waals surface area contributed by atoms with E-state index >= 15 is 0 Å². The van der Waals surface area contributed by atoms with Gasteiger partial charge in [0.05, 0.1) is 6.61 Å². The third-order valence-corrected chi connectivity index (χ3v) is 3.04. The van der Waals surface area contributed by atoms with Gasteiger partial charge in [-0.3, -0.25) is 0 Å². The minimum atomic E-state index is 0.549. The van der Waals surface area contributed by atoms with Crippen molar-refractivity contribution >= 4 is 0 Å². The molecule has 0 aliphatic carbocycles. The molecule has 0 radical (unpaired) electrons. The van der Waals surface area contributed by atoms with Gasteiger partial charge in [0.15, 0.2) is 0 Å². The van der Waals surface area contributed by atoms with Crippen LogP contribution in [-0.4, -0.2) is 38.3 Å². The first kappa shape index (κ1) is 7.56. The zero-order valence-electron chi connectivity index (χ0n) is 7.31. The van der Waals surface area contributed by atoms with Crippen molar-refractivity contribution in [3.8, 4) is 0 Å². The molecule has 0 amide bonds. The average molecular weight is 155 g/mol. The summed E-state index contributed by atoms with van der Waals surface area (Å²) in [6.07, 6.45) is 4.04. The summed E-state index contributed by atoms with van der Waals surface area (Å²) < 4.78 is 5.46. The summed E-state index contributed by atoms with van der Waals surface area (Å²) in [5.41, 5.74) is 0.549. The van der Waals surface area contributed by atoms with E-state index in [9.17, 15) is 0 Å². The normalized spacial score (nSPS) is 40.1. The van der Waals surface area contributed by atoms with Crippen LogP contribution in [0.1, 0.15) is 19.3 Å². The second-order valence-electron chi connectivity index (χ2n) is 4.14. The summed E-state index contributed by atoms with van der Waals surface area (Å²) in [7, 11) is 2.22. The molecule has 64 valence electrons. The molecule has 0 unspecified atom stereocenters. The van der Waals surface area contributed by atoms with Crippen molar-refractivity contribution in [1.29, 1.82) is 0 Å². The molecule has 0 aromatic rings. The van der Waals surface area contributed by atoms with Gasteiger partial charge in [-0.15, -0.1) is 0 Å². The summed E-state index contributed by atoms with van der Waals surface area (Å²) in [6, 6.07) is 0. The molecule has 0 aromatic heterocycles. The van der Waals surface area contributed by atoms with Gasteiger partial charge in [0, 0.05) is 18.6 Å². The summed E-state index contributed by atoms with van der Waals surface area (Å²) in [4.78, 5) is 2.44. The van der Waals surface area contributed by atoms with Crippen molar-refractivity contribution in [2.75, 3.05) is 33.4 Å². The second-order valence-corrected chi connectivity index (χ2v) is 4.14. The number of hydrogen-bond acceptors (Lipinski definition) is 2. The monoisotopic (exact) mass is 155 g/mol. The minimum Gasteiger partial charge on any atom is -0.381 e. The zero-order valence-corrected chi connectivity index (χ0v) is 7.31. The second kappa shape index (κ2) is 2.76. The maximum atomic E-state index is 5.46. The van der Waals surface area contributed by atoms with Crippen LogP contribution in [0.15, 0.2) is 0 Å². The summed E-state index contributed by atoms with van der Waals surface area (Å²) in [5.74, 6) is 0. The van der Waals surface area contributed by atoms with Gasteiger partial charge in [-0.1, -0.05) is 0 Å². The van der Waals surface area contributed by atoms with Crippen molar-refractivity contribution in [2.45, 2.75) is 19.3 Å². The van der Waals surface area contributed by atoms with Crippen LogP contribution in [0.25, 0.3) is 0 Å². The molecular weight excluding hydrogens is 138 g/mol. The summed E-state index contributed by atoms with van der Waals surface area (Å²) >= 11 is 0. The Kier molecular flexibility index (Phi) is 1.90. The molecule has 2 heterocycles. The maximum Gasteiger partial charge on any atom is 0.0535 e. The molecule has 0 bridgehead atoms. The summed E-state index contributed by atoms with van der Waals surface area (Å²) in [6.45, 7) is 4.54. The highest BCUT2D eigenvalue weighted by Gasteiger charge is 2.37. The number of piperidine rings is 1. The lowest BCUT2D eigenvalue weighted by atomic mass is 9.80. The molecular formula is C9H17NO. The van der Waals surface area contributed by atoms with E-state index in [2.05, 4.69) is 11.9 Å². The summed E-state index contributed by atoms with van der Waals surface area (Å²) in [5, 5.41) is 0. The quantitative estimate of drug-likeness (QED) is 0.520. The van der Waals surface area contributed by atoms with E-state index in [1.807, 2.05) is 0 Å². The fourth-order valence-corrected chi connectivity index (χ4v) is 2.43. The number of hydrogen-bond donors (Lipinski definition) is 0. The Morgan fingerprint density at radius 2 is 2.27 bits per heavy atom. The molecule has 1 atom stereocenters. The first-order valence-electron chi connectivity index (χ1n) is 4.57. The third kappa shape index (κ3) is 1.42. The predicted molar refractivity (Wildman–Crippen MR) is 44.6 cm³/mol. The lowest BCUT2D eigenvalue weighted by Gasteiger charge is -2.37. The van der Waals surface area contributed by atoms with E-state index < -0.39 is 0 Å². The maximum absolute atomic E-state index is 5.46. The van der Waals surface area contributed by atoms with Crippen LogP contribution in [0.5, 0.6) is 0 Å².